The Morgan fingerprint density at radius 3 is 2.73 bits per heavy atom. The fourth-order valence-corrected chi connectivity index (χ4v) is 3.55. The first-order chi connectivity index (χ1) is 14.7. The number of fused-ring (bicyclic) bond motifs is 1. The summed E-state index contributed by atoms with van der Waals surface area (Å²) in [5.74, 6) is 0.991. The summed E-state index contributed by atoms with van der Waals surface area (Å²) < 4.78 is 7.49. The topological polar surface area (TPSA) is 108 Å². The second-order valence-corrected chi connectivity index (χ2v) is 7.30. The van der Waals surface area contributed by atoms with E-state index in [1.54, 1.807) is 12.5 Å². The highest BCUT2D eigenvalue weighted by molar-refractivity contribution is 5.89. The van der Waals surface area contributed by atoms with Gasteiger partial charge in [-0.05, 0) is 25.5 Å². The van der Waals surface area contributed by atoms with Crippen LogP contribution in [0.15, 0.2) is 48.6 Å². The van der Waals surface area contributed by atoms with E-state index in [9.17, 15) is 0 Å². The van der Waals surface area contributed by atoms with Gasteiger partial charge in [-0.25, -0.2) is 19.9 Å². The fourth-order valence-electron chi connectivity index (χ4n) is 3.55. The highest BCUT2D eigenvalue weighted by atomic mass is 16.5. The zero-order chi connectivity index (χ0) is 20.5. The van der Waals surface area contributed by atoms with E-state index < -0.39 is 0 Å². The zero-order valence-electron chi connectivity index (χ0n) is 16.7. The van der Waals surface area contributed by atoms with Gasteiger partial charge in [0, 0.05) is 18.8 Å². The van der Waals surface area contributed by atoms with Crippen LogP contribution in [0.5, 0.6) is 0 Å². The van der Waals surface area contributed by atoms with E-state index in [1.807, 2.05) is 4.57 Å². The summed E-state index contributed by atoms with van der Waals surface area (Å²) in [6.45, 7) is 4.88. The largest absolute Gasteiger partial charge is 0.382 e. The van der Waals surface area contributed by atoms with Gasteiger partial charge < -0.3 is 15.4 Å². The third-order valence-corrected chi connectivity index (χ3v) is 5.11. The maximum Gasteiger partial charge on any atom is 0.228 e. The number of allylic oxidation sites excluding steroid dienone is 6. The minimum Gasteiger partial charge on any atom is -0.382 e. The second-order valence-electron chi connectivity index (χ2n) is 7.30. The second kappa shape index (κ2) is 7.68. The van der Waals surface area contributed by atoms with E-state index in [-0.39, 0.29) is 0 Å². The fraction of sp³-hybridized carbons (Fsp3) is 0.286. The molecule has 0 aromatic carbocycles. The number of ether oxygens (including phenoxy) is 1. The van der Waals surface area contributed by atoms with Crippen LogP contribution in [-0.2, 0) is 4.74 Å². The minimum atomic E-state index is 0.360. The quantitative estimate of drug-likeness (QED) is 0.712. The van der Waals surface area contributed by atoms with E-state index in [0.29, 0.717) is 41.9 Å². The Bertz CT molecular complexity index is 1170. The molecule has 1 saturated heterocycles. The summed E-state index contributed by atoms with van der Waals surface area (Å²) >= 11 is 0. The monoisotopic (exact) mass is 402 g/mol. The van der Waals surface area contributed by atoms with Gasteiger partial charge in [-0.3, -0.25) is 4.57 Å². The van der Waals surface area contributed by atoms with Crippen molar-refractivity contribution in [3.05, 3.63) is 48.6 Å². The van der Waals surface area contributed by atoms with Crippen LogP contribution in [-0.4, -0.2) is 55.8 Å². The molecule has 5 rings (SSSR count). The molecule has 30 heavy (non-hydrogen) atoms. The van der Waals surface area contributed by atoms with Crippen molar-refractivity contribution in [1.29, 1.82) is 0 Å². The van der Waals surface area contributed by atoms with Crippen molar-refractivity contribution in [2.75, 3.05) is 36.9 Å². The standard InChI is InChI=1S/C21H22N8O/c1-14-4-2-3-5-15(10-14)29-13-25-19-18(16-11-24-17(22)12-23-16)26-21(27-20(19)29)28-6-8-30-9-7-28/h2-3,5,10-13H,4,6-9H2,1H3,(H2,22,24). The first-order valence-corrected chi connectivity index (χ1v) is 9.89. The molecule has 1 aliphatic heterocycles. The van der Waals surface area contributed by atoms with Crippen LogP contribution in [0.3, 0.4) is 0 Å². The lowest BCUT2D eigenvalue weighted by Gasteiger charge is -2.27. The summed E-state index contributed by atoms with van der Waals surface area (Å²) in [4.78, 5) is 25.1. The van der Waals surface area contributed by atoms with E-state index in [4.69, 9.17) is 20.4 Å². The molecule has 0 atom stereocenters. The van der Waals surface area contributed by atoms with Gasteiger partial charge in [0.1, 0.15) is 29.0 Å². The van der Waals surface area contributed by atoms with Crippen LogP contribution in [0, 0.1) is 0 Å². The molecular formula is C21H22N8O. The molecule has 3 aromatic heterocycles. The highest BCUT2D eigenvalue weighted by Crippen LogP contribution is 2.29. The maximum atomic E-state index is 5.73. The Hall–Kier alpha value is -3.59. The summed E-state index contributed by atoms with van der Waals surface area (Å²) in [5.41, 5.74) is 10.6. The van der Waals surface area contributed by atoms with Crippen LogP contribution < -0.4 is 10.6 Å². The van der Waals surface area contributed by atoms with Crippen molar-refractivity contribution < 1.29 is 4.74 Å². The zero-order valence-corrected chi connectivity index (χ0v) is 16.7. The van der Waals surface area contributed by atoms with E-state index in [0.717, 1.165) is 30.9 Å². The molecule has 0 amide bonds. The lowest BCUT2D eigenvalue weighted by Crippen LogP contribution is -2.37. The number of hydrogen-bond donors (Lipinski definition) is 1. The van der Waals surface area contributed by atoms with Crippen LogP contribution in [0.25, 0.3) is 28.2 Å². The molecule has 2 N–H and O–H groups in total. The molecule has 4 heterocycles. The predicted octanol–water partition coefficient (Wildman–Crippen LogP) is 2.45. The van der Waals surface area contributed by atoms with Crippen molar-refractivity contribution in [2.45, 2.75) is 13.3 Å². The van der Waals surface area contributed by atoms with Crippen molar-refractivity contribution in [3.63, 3.8) is 0 Å². The molecule has 0 unspecified atom stereocenters. The molecule has 3 aromatic rings. The number of nitrogens with zero attached hydrogens (tertiary/aromatic N) is 7. The van der Waals surface area contributed by atoms with Gasteiger partial charge >= 0.3 is 0 Å². The number of rotatable bonds is 3. The number of anilines is 2. The minimum absolute atomic E-state index is 0.360. The molecule has 9 nitrogen and oxygen atoms in total. The molecular weight excluding hydrogens is 380 g/mol. The Morgan fingerprint density at radius 2 is 1.93 bits per heavy atom. The van der Waals surface area contributed by atoms with Crippen LogP contribution in [0.2, 0.25) is 0 Å². The highest BCUT2D eigenvalue weighted by Gasteiger charge is 2.21. The van der Waals surface area contributed by atoms with Crippen molar-refractivity contribution in [3.8, 4) is 11.4 Å². The Kier molecular flexibility index (Phi) is 4.72. The van der Waals surface area contributed by atoms with Crippen LogP contribution in [0.1, 0.15) is 13.3 Å². The summed E-state index contributed by atoms with van der Waals surface area (Å²) in [5, 5.41) is 0. The smallest absolute Gasteiger partial charge is 0.228 e. The number of nitrogens with two attached hydrogens (primary N) is 1. The van der Waals surface area contributed by atoms with Gasteiger partial charge in [0.05, 0.1) is 25.6 Å². The van der Waals surface area contributed by atoms with Gasteiger partial charge in [-0.2, -0.15) is 4.98 Å². The van der Waals surface area contributed by atoms with E-state index >= 15 is 0 Å². The molecule has 0 bridgehead atoms. The molecule has 0 spiro atoms. The van der Waals surface area contributed by atoms with Gasteiger partial charge in [0.2, 0.25) is 5.95 Å². The third-order valence-electron chi connectivity index (χ3n) is 5.11. The van der Waals surface area contributed by atoms with E-state index in [2.05, 4.69) is 51.1 Å². The Labute approximate surface area is 173 Å². The van der Waals surface area contributed by atoms with Crippen molar-refractivity contribution >= 4 is 28.6 Å². The Morgan fingerprint density at radius 1 is 1.07 bits per heavy atom. The Balaban J connectivity index is 1.71. The van der Waals surface area contributed by atoms with Crippen LogP contribution in [0.4, 0.5) is 11.8 Å². The van der Waals surface area contributed by atoms with Gasteiger partial charge in [0.25, 0.3) is 0 Å². The molecule has 0 saturated carbocycles. The SMILES string of the molecule is CC1=CC(n2cnc3c(-c4cnc(N)cn4)nc(N4CCOCC4)nc32)=CC=CC1. The lowest BCUT2D eigenvalue weighted by molar-refractivity contribution is 0.122. The van der Waals surface area contributed by atoms with Gasteiger partial charge in [0.15, 0.2) is 5.65 Å². The first-order valence-electron chi connectivity index (χ1n) is 9.89. The first kappa shape index (κ1) is 18.4. The third kappa shape index (κ3) is 3.43. The summed E-state index contributed by atoms with van der Waals surface area (Å²) in [6, 6.07) is 0. The van der Waals surface area contributed by atoms with Gasteiger partial charge in [-0.15, -0.1) is 0 Å². The normalized spacial score (nSPS) is 17.0. The number of morpholine rings is 1. The summed E-state index contributed by atoms with van der Waals surface area (Å²) in [7, 11) is 0. The average molecular weight is 402 g/mol. The lowest BCUT2D eigenvalue weighted by atomic mass is 10.2. The van der Waals surface area contributed by atoms with E-state index in [1.165, 1.54) is 11.8 Å². The van der Waals surface area contributed by atoms with Crippen molar-refractivity contribution in [2.24, 2.45) is 0 Å². The molecule has 9 heteroatoms. The molecule has 2 aliphatic rings. The number of nitrogen functional groups attached to an aromatic ring is 1. The molecule has 1 aliphatic carbocycles. The number of imidazole rings is 1. The predicted molar refractivity (Wildman–Crippen MR) is 116 cm³/mol. The van der Waals surface area contributed by atoms with Crippen molar-refractivity contribution in [1.82, 2.24) is 29.5 Å². The average Bonchev–Trinajstić information content (AvgIpc) is 3.08. The van der Waals surface area contributed by atoms with Crippen LogP contribution >= 0.6 is 0 Å². The molecule has 152 valence electrons. The number of aromatic nitrogens is 6. The molecule has 1 fully saturated rings. The molecule has 0 radical (unpaired) electrons. The van der Waals surface area contributed by atoms with Gasteiger partial charge in [-0.1, -0.05) is 17.7 Å². The summed E-state index contributed by atoms with van der Waals surface area (Å²) in [6.07, 6.45) is 14.3. The number of hydrogen-bond acceptors (Lipinski definition) is 8. The maximum absolute atomic E-state index is 5.73.